The lowest BCUT2D eigenvalue weighted by Gasteiger charge is -2.24. The number of rotatable bonds is 16. The van der Waals surface area contributed by atoms with Crippen molar-refractivity contribution < 1.29 is 44.1 Å². The molecule has 10 N–H and O–H groups in total. The number of carboxylic acids is 3. The third-order valence-electron chi connectivity index (χ3n) is 4.61. The van der Waals surface area contributed by atoms with Crippen molar-refractivity contribution in [1.82, 2.24) is 16.0 Å². The molecule has 0 radical (unpaired) electrons. The normalized spacial score (nSPS) is 14.5. The number of nitrogens with two attached hydrogens (primary N) is 2. The minimum Gasteiger partial charge on any atom is -0.481 e. The molecule has 0 aromatic heterocycles. The average Bonchev–Trinajstić information content (AvgIpc) is 2.70. The van der Waals surface area contributed by atoms with Crippen LogP contribution < -0.4 is 27.4 Å². The van der Waals surface area contributed by atoms with E-state index >= 15 is 0 Å². The zero-order valence-electron chi connectivity index (χ0n) is 18.6. The molecule has 33 heavy (non-hydrogen) atoms. The van der Waals surface area contributed by atoms with Gasteiger partial charge in [-0.25, -0.2) is 4.79 Å². The molecule has 0 bridgehead atoms. The van der Waals surface area contributed by atoms with E-state index in [0.717, 1.165) is 0 Å². The maximum Gasteiger partial charge on any atom is 0.326 e. The predicted molar refractivity (Wildman–Crippen MR) is 114 cm³/mol. The Bertz CT molecular complexity index is 728. The highest BCUT2D eigenvalue weighted by Gasteiger charge is 2.32. The summed E-state index contributed by atoms with van der Waals surface area (Å²) < 4.78 is 0. The van der Waals surface area contributed by atoms with E-state index in [1.54, 1.807) is 13.8 Å². The highest BCUT2D eigenvalue weighted by Crippen LogP contribution is 2.05. The molecule has 0 aromatic rings. The summed E-state index contributed by atoms with van der Waals surface area (Å²) in [5, 5.41) is 33.8. The molecule has 0 aromatic carbocycles. The van der Waals surface area contributed by atoms with Crippen molar-refractivity contribution in [2.75, 3.05) is 6.54 Å². The first-order chi connectivity index (χ1) is 15.3. The molecule has 0 heterocycles. The maximum absolute atomic E-state index is 12.6. The van der Waals surface area contributed by atoms with Gasteiger partial charge in [0.15, 0.2) is 0 Å². The van der Waals surface area contributed by atoms with Crippen molar-refractivity contribution in [3.8, 4) is 0 Å². The summed E-state index contributed by atoms with van der Waals surface area (Å²) in [6.45, 7) is 3.58. The maximum atomic E-state index is 12.6. The van der Waals surface area contributed by atoms with E-state index in [1.165, 1.54) is 0 Å². The Kier molecular flexibility index (Phi) is 13.3. The van der Waals surface area contributed by atoms with Crippen LogP contribution in [-0.2, 0) is 28.8 Å². The fourth-order valence-corrected chi connectivity index (χ4v) is 2.63. The molecule has 0 aliphatic carbocycles. The molecule has 14 nitrogen and oxygen atoms in total. The lowest BCUT2D eigenvalue weighted by molar-refractivity contribution is -0.145. The lowest BCUT2D eigenvalue weighted by atomic mass is 10.0. The van der Waals surface area contributed by atoms with Crippen LogP contribution in [0.1, 0.15) is 46.0 Å². The molecule has 0 fully saturated rings. The van der Waals surface area contributed by atoms with E-state index in [2.05, 4.69) is 16.0 Å². The van der Waals surface area contributed by atoms with Crippen LogP contribution in [0.25, 0.3) is 0 Å². The van der Waals surface area contributed by atoms with E-state index in [-0.39, 0.29) is 12.3 Å². The fraction of sp³-hybridized carbons (Fsp3) is 0.684. The van der Waals surface area contributed by atoms with Gasteiger partial charge >= 0.3 is 17.9 Å². The molecule has 4 atom stereocenters. The minimum atomic E-state index is -1.72. The molecule has 14 heteroatoms. The number of nitrogens with one attached hydrogen (secondary N) is 3. The molecule has 0 spiro atoms. The standard InChI is InChI=1S/C19H33N5O9/c1-9(2)15(21)18(31)24-12(8-14(27)28)17(30)23-11(7-13(25)26)16(29)22-10(19(32)33)5-3-4-6-20/h9-12,15H,3-8,20-21H2,1-2H3,(H,22,29)(H,23,30)(H,24,31)(H,25,26)(H,27,28)(H,32,33). The molecular formula is C19H33N5O9. The Labute approximate surface area is 190 Å². The van der Waals surface area contributed by atoms with Crippen LogP contribution in [-0.4, -0.2) is 81.7 Å². The predicted octanol–water partition coefficient (Wildman–Crippen LogP) is -2.41. The number of carboxylic acid groups (broad SMARTS) is 3. The Hall–Kier alpha value is -3.26. The van der Waals surface area contributed by atoms with Crippen LogP contribution in [0.4, 0.5) is 0 Å². The van der Waals surface area contributed by atoms with Gasteiger partial charge in [0.05, 0.1) is 18.9 Å². The first kappa shape index (κ1) is 29.7. The van der Waals surface area contributed by atoms with Gasteiger partial charge < -0.3 is 42.7 Å². The minimum absolute atomic E-state index is 0.0246. The summed E-state index contributed by atoms with van der Waals surface area (Å²) in [5.41, 5.74) is 11.0. The van der Waals surface area contributed by atoms with Gasteiger partial charge in [-0.2, -0.15) is 0 Å². The number of hydrogen-bond acceptors (Lipinski definition) is 8. The van der Waals surface area contributed by atoms with E-state index in [4.69, 9.17) is 21.7 Å². The van der Waals surface area contributed by atoms with Crippen molar-refractivity contribution in [3.05, 3.63) is 0 Å². The summed E-state index contributed by atoms with van der Waals surface area (Å²) in [5.74, 6) is -7.65. The number of carbonyl (C=O) groups is 6. The van der Waals surface area contributed by atoms with Crippen molar-refractivity contribution >= 4 is 35.6 Å². The Balaban J connectivity index is 5.50. The van der Waals surface area contributed by atoms with Crippen molar-refractivity contribution in [2.24, 2.45) is 17.4 Å². The number of aliphatic carboxylic acids is 3. The average molecular weight is 475 g/mol. The summed E-state index contributed by atoms with van der Waals surface area (Å²) in [6.07, 6.45) is -0.861. The third-order valence-corrected chi connectivity index (χ3v) is 4.61. The second kappa shape index (κ2) is 14.7. The fourth-order valence-electron chi connectivity index (χ4n) is 2.63. The monoisotopic (exact) mass is 475 g/mol. The van der Waals surface area contributed by atoms with Crippen molar-refractivity contribution in [3.63, 3.8) is 0 Å². The van der Waals surface area contributed by atoms with E-state index in [1.807, 2.05) is 0 Å². The van der Waals surface area contributed by atoms with E-state index in [9.17, 15) is 33.9 Å². The summed E-state index contributed by atoms with van der Waals surface area (Å²) in [7, 11) is 0. The van der Waals surface area contributed by atoms with Crippen LogP contribution >= 0.6 is 0 Å². The van der Waals surface area contributed by atoms with Gasteiger partial charge in [0.2, 0.25) is 17.7 Å². The Morgan fingerprint density at radius 2 is 1.15 bits per heavy atom. The zero-order valence-corrected chi connectivity index (χ0v) is 18.6. The quantitative estimate of drug-likeness (QED) is 0.109. The molecule has 188 valence electrons. The molecule has 0 saturated heterocycles. The highest BCUT2D eigenvalue weighted by atomic mass is 16.4. The number of carbonyl (C=O) groups excluding carboxylic acids is 3. The van der Waals surface area contributed by atoms with Gasteiger partial charge in [0.1, 0.15) is 18.1 Å². The van der Waals surface area contributed by atoms with Crippen molar-refractivity contribution in [1.29, 1.82) is 0 Å². The first-order valence-electron chi connectivity index (χ1n) is 10.3. The molecular weight excluding hydrogens is 442 g/mol. The van der Waals surface area contributed by atoms with Gasteiger partial charge in [-0.3, -0.25) is 24.0 Å². The molecule has 0 rings (SSSR count). The van der Waals surface area contributed by atoms with E-state index in [0.29, 0.717) is 19.4 Å². The molecule has 4 unspecified atom stereocenters. The van der Waals surface area contributed by atoms with Crippen molar-refractivity contribution in [2.45, 2.75) is 70.1 Å². The van der Waals surface area contributed by atoms with Crippen LogP contribution in [0.3, 0.4) is 0 Å². The smallest absolute Gasteiger partial charge is 0.326 e. The Morgan fingerprint density at radius 1 is 0.727 bits per heavy atom. The third kappa shape index (κ3) is 11.8. The summed E-state index contributed by atoms with van der Waals surface area (Å²) >= 11 is 0. The number of hydrogen-bond donors (Lipinski definition) is 8. The van der Waals surface area contributed by atoms with Gasteiger partial charge in [0.25, 0.3) is 0 Å². The van der Waals surface area contributed by atoms with Crippen LogP contribution in [0.2, 0.25) is 0 Å². The van der Waals surface area contributed by atoms with Crippen LogP contribution in [0, 0.1) is 5.92 Å². The summed E-state index contributed by atoms with van der Waals surface area (Å²) in [6, 6.07) is -5.77. The molecule has 0 aliphatic heterocycles. The first-order valence-corrected chi connectivity index (χ1v) is 10.3. The molecule has 3 amide bonds. The van der Waals surface area contributed by atoms with Gasteiger partial charge in [-0.05, 0) is 31.7 Å². The van der Waals surface area contributed by atoms with Gasteiger partial charge in [0, 0.05) is 0 Å². The topological polar surface area (TPSA) is 251 Å². The SMILES string of the molecule is CC(C)C(N)C(=O)NC(CC(=O)O)C(=O)NC(CC(=O)O)C(=O)NC(CCCCN)C(=O)O. The van der Waals surface area contributed by atoms with Crippen LogP contribution in [0.15, 0.2) is 0 Å². The largest absolute Gasteiger partial charge is 0.481 e. The highest BCUT2D eigenvalue weighted by molar-refractivity contribution is 5.96. The number of unbranched alkanes of at least 4 members (excludes halogenated alkanes) is 1. The second-order valence-electron chi connectivity index (χ2n) is 7.77. The molecule has 0 aliphatic rings. The Morgan fingerprint density at radius 3 is 1.52 bits per heavy atom. The van der Waals surface area contributed by atoms with E-state index < -0.39 is 72.6 Å². The van der Waals surface area contributed by atoms with Gasteiger partial charge in [-0.15, -0.1) is 0 Å². The lowest BCUT2D eigenvalue weighted by Crippen LogP contribution is -2.58. The molecule has 0 saturated carbocycles. The van der Waals surface area contributed by atoms with Crippen LogP contribution in [0.5, 0.6) is 0 Å². The number of amides is 3. The zero-order chi connectivity index (χ0) is 25.7. The second-order valence-corrected chi connectivity index (χ2v) is 7.77. The van der Waals surface area contributed by atoms with Gasteiger partial charge in [-0.1, -0.05) is 13.8 Å². The summed E-state index contributed by atoms with van der Waals surface area (Å²) in [4.78, 5) is 71.0.